The van der Waals surface area contributed by atoms with E-state index in [4.69, 9.17) is 5.14 Å². The first-order valence-corrected chi connectivity index (χ1v) is 14.2. The fourth-order valence-electron chi connectivity index (χ4n) is 4.42. The molecule has 2 aliphatic rings. The molecule has 0 saturated carbocycles. The number of aliphatic hydroxyl groups is 1. The molecular formula is C22H24N4O7S3. The molecule has 2 amide bonds. The van der Waals surface area contributed by atoms with Crippen LogP contribution in [0.3, 0.4) is 0 Å². The van der Waals surface area contributed by atoms with Crippen LogP contribution in [-0.2, 0) is 26.0 Å². The number of aromatic nitrogens is 1. The van der Waals surface area contributed by atoms with Gasteiger partial charge in [0.1, 0.15) is 11.4 Å². The number of fused-ring (bicyclic) bond motifs is 1. The van der Waals surface area contributed by atoms with E-state index in [1.54, 1.807) is 17.5 Å². The smallest absolute Gasteiger partial charge is 0.353 e. The molecule has 2 aliphatic heterocycles. The number of sulfonamides is 1. The summed E-state index contributed by atoms with van der Waals surface area (Å²) in [4.78, 5) is 43.0. The van der Waals surface area contributed by atoms with Crippen molar-refractivity contribution in [2.75, 3.05) is 6.54 Å². The summed E-state index contributed by atoms with van der Waals surface area (Å²) in [5.41, 5.74) is 0.890. The number of primary sulfonamides is 1. The summed E-state index contributed by atoms with van der Waals surface area (Å²) in [6.45, 7) is 3.62. The average Bonchev–Trinajstić information content (AvgIpc) is 3.35. The lowest BCUT2D eigenvalue weighted by molar-refractivity contribution is -0.163. The zero-order valence-electron chi connectivity index (χ0n) is 19.2. The van der Waals surface area contributed by atoms with Gasteiger partial charge in [-0.25, -0.2) is 23.3 Å². The number of carbonyl (C=O) groups excluding carboxylic acids is 2. The first-order chi connectivity index (χ1) is 16.9. The number of benzene rings is 1. The highest BCUT2D eigenvalue weighted by Crippen LogP contribution is 2.52. The zero-order chi connectivity index (χ0) is 26.4. The Bertz CT molecular complexity index is 1350. The van der Waals surface area contributed by atoms with E-state index >= 15 is 0 Å². The number of amides is 2. The summed E-state index contributed by atoms with van der Waals surface area (Å²) in [6, 6.07) is 5.62. The molecule has 0 spiro atoms. The number of rotatable bonds is 9. The Labute approximate surface area is 215 Å². The molecule has 14 heteroatoms. The van der Waals surface area contributed by atoms with Crippen LogP contribution in [0.15, 0.2) is 49.5 Å². The first-order valence-electron chi connectivity index (χ1n) is 10.9. The molecule has 0 bridgehead atoms. The van der Waals surface area contributed by atoms with Crippen molar-refractivity contribution in [2.24, 2.45) is 17.0 Å². The molecule has 1 aromatic heterocycles. The number of thiazole rings is 1. The highest BCUT2D eigenvalue weighted by molar-refractivity contribution is 8.04. The average molecular weight is 553 g/mol. The van der Waals surface area contributed by atoms with Crippen LogP contribution >= 0.6 is 23.1 Å². The van der Waals surface area contributed by atoms with E-state index in [2.05, 4.69) is 10.3 Å². The van der Waals surface area contributed by atoms with E-state index in [1.165, 1.54) is 35.3 Å². The Hall–Kier alpha value is -2.78. The van der Waals surface area contributed by atoms with Crippen LogP contribution in [0.5, 0.6) is 0 Å². The van der Waals surface area contributed by atoms with Gasteiger partial charge in [-0.3, -0.25) is 9.59 Å². The van der Waals surface area contributed by atoms with E-state index in [0.29, 0.717) is 22.2 Å². The zero-order valence-corrected chi connectivity index (χ0v) is 21.7. The Morgan fingerprint density at radius 1 is 1.31 bits per heavy atom. The number of carbonyl (C=O) groups is 3. The summed E-state index contributed by atoms with van der Waals surface area (Å²) in [7, 11) is -3.76. The molecule has 36 heavy (non-hydrogen) atoms. The number of nitrogens with two attached hydrogens (primary N) is 1. The normalized spacial score (nSPS) is 22.3. The van der Waals surface area contributed by atoms with E-state index < -0.39 is 45.9 Å². The van der Waals surface area contributed by atoms with Gasteiger partial charge in [0.15, 0.2) is 4.34 Å². The van der Waals surface area contributed by atoms with Crippen molar-refractivity contribution in [2.45, 2.75) is 41.6 Å². The van der Waals surface area contributed by atoms with Crippen LogP contribution in [0.1, 0.15) is 29.9 Å². The minimum absolute atomic E-state index is 0.0103. The molecule has 2 aromatic rings. The number of aliphatic carboxylic acids is 1. The molecule has 0 radical (unpaired) electrons. The Kier molecular flexibility index (Phi) is 7.26. The number of carboxylic acids is 1. The van der Waals surface area contributed by atoms with Crippen LogP contribution in [-0.4, -0.2) is 65.0 Å². The molecule has 1 saturated heterocycles. The highest BCUT2D eigenvalue weighted by Gasteiger charge is 2.60. The number of nitrogens with zero attached hydrogens (tertiary/aromatic N) is 2. The third-order valence-corrected chi connectivity index (χ3v) is 9.33. The maximum absolute atomic E-state index is 12.5. The van der Waals surface area contributed by atoms with Gasteiger partial charge in [-0.15, -0.1) is 11.3 Å². The number of hydrogen-bond donors (Lipinski definition) is 4. The van der Waals surface area contributed by atoms with Crippen LogP contribution in [0.25, 0.3) is 0 Å². The van der Waals surface area contributed by atoms with Gasteiger partial charge < -0.3 is 20.4 Å². The van der Waals surface area contributed by atoms with Gasteiger partial charge in [0.25, 0.3) is 5.91 Å². The largest absolute Gasteiger partial charge is 0.477 e. The van der Waals surface area contributed by atoms with Crippen molar-refractivity contribution in [1.82, 2.24) is 15.2 Å². The summed E-state index contributed by atoms with van der Waals surface area (Å²) >= 11 is 2.30. The number of β-lactam (4-membered cyclic amide) rings is 1. The molecule has 3 heterocycles. The SMILES string of the molecule is C[C@@H](O)[C@H]1C(=O)N2C(C(=O)O)=C(Sc3nc(C(=O)NCCc4ccc(S(N)(=O)=O)cc4)cs3)[C@H](C)[C@H]12. The number of thioether (sulfide) groups is 1. The van der Waals surface area contributed by atoms with E-state index in [1.807, 2.05) is 6.92 Å². The summed E-state index contributed by atoms with van der Waals surface area (Å²) in [5.74, 6) is -3.00. The second kappa shape index (κ2) is 9.94. The quantitative estimate of drug-likeness (QED) is 0.330. The van der Waals surface area contributed by atoms with Crippen LogP contribution in [0.4, 0.5) is 0 Å². The second-order valence-electron chi connectivity index (χ2n) is 8.57. The van der Waals surface area contributed by atoms with Crippen LogP contribution in [0.2, 0.25) is 0 Å². The van der Waals surface area contributed by atoms with E-state index in [-0.39, 0.29) is 22.2 Å². The van der Waals surface area contributed by atoms with Crippen LogP contribution in [0, 0.1) is 11.8 Å². The van der Waals surface area contributed by atoms with E-state index in [9.17, 15) is 33.0 Å². The Morgan fingerprint density at radius 3 is 2.56 bits per heavy atom. The van der Waals surface area contributed by atoms with Gasteiger partial charge in [-0.2, -0.15) is 0 Å². The predicted molar refractivity (Wildman–Crippen MR) is 131 cm³/mol. The molecule has 11 nitrogen and oxygen atoms in total. The molecule has 0 aliphatic carbocycles. The van der Waals surface area contributed by atoms with Crippen molar-refractivity contribution in [1.29, 1.82) is 0 Å². The summed E-state index contributed by atoms with van der Waals surface area (Å²) in [5, 5.41) is 29.1. The molecule has 192 valence electrons. The highest BCUT2D eigenvalue weighted by atomic mass is 32.2. The van der Waals surface area contributed by atoms with Gasteiger partial charge in [0, 0.05) is 22.7 Å². The number of aliphatic hydroxyl groups excluding tert-OH is 1. The molecule has 1 aromatic carbocycles. The van der Waals surface area contributed by atoms with Gasteiger partial charge in [-0.1, -0.05) is 30.8 Å². The third kappa shape index (κ3) is 4.91. The lowest BCUT2D eigenvalue weighted by Gasteiger charge is -2.46. The summed E-state index contributed by atoms with van der Waals surface area (Å²) in [6.07, 6.45) is -0.424. The topological polar surface area (TPSA) is 180 Å². The molecular weight excluding hydrogens is 528 g/mol. The van der Waals surface area contributed by atoms with Crippen molar-refractivity contribution >= 4 is 50.9 Å². The van der Waals surface area contributed by atoms with Crippen molar-refractivity contribution in [3.8, 4) is 0 Å². The number of carboxylic acid groups (broad SMARTS) is 1. The molecule has 4 atom stereocenters. The van der Waals surface area contributed by atoms with Crippen molar-refractivity contribution in [3.63, 3.8) is 0 Å². The van der Waals surface area contributed by atoms with Gasteiger partial charge >= 0.3 is 5.97 Å². The maximum Gasteiger partial charge on any atom is 0.353 e. The fraction of sp³-hybridized carbons (Fsp3) is 0.364. The standard InChI is InChI=1S/C22H24N4O7S3/c1-10-16-15(11(2)27)20(29)26(16)17(21(30)31)18(10)35-22-25-14(9-34-22)19(28)24-8-7-12-3-5-13(6-4-12)36(23,32)33/h3-6,9-11,15-16,27H,7-8H2,1-2H3,(H,24,28)(H,30,31)(H2,23,32,33)/t10-,11-,15-,16-/m1/s1. The Morgan fingerprint density at radius 2 is 1.97 bits per heavy atom. The van der Waals surface area contributed by atoms with Crippen molar-refractivity contribution in [3.05, 3.63) is 51.5 Å². The monoisotopic (exact) mass is 552 g/mol. The first kappa shape index (κ1) is 26.3. The third-order valence-electron chi connectivity index (χ3n) is 6.18. The van der Waals surface area contributed by atoms with Crippen LogP contribution < -0.4 is 10.5 Å². The minimum Gasteiger partial charge on any atom is -0.477 e. The number of hydrogen-bond acceptors (Lipinski definition) is 9. The summed E-state index contributed by atoms with van der Waals surface area (Å²) < 4.78 is 23.1. The lowest BCUT2D eigenvalue weighted by Crippen LogP contribution is -2.63. The van der Waals surface area contributed by atoms with E-state index in [0.717, 1.165) is 17.3 Å². The molecule has 5 N–H and O–H groups in total. The van der Waals surface area contributed by atoms with Gasteiger partial charge in [0.2, 0.25) is 15.9 Å². The van der Waals surface area contributed by atoms with Gasteiger partial charge in [-0.05, 0) is 31.0 Å². The minimum atomic E-state index is -3.76. The fourth-order valence-corrected chi connectivity index (χ4v) is 7.00. The molecule has 0 unspecified atom stereocenters. The predicted octanol–water partition coefficient (Wildman–Crippen LogP) is 1.01. The molecule has 1 fully saturated rings. The maximum atomic E-state index is 12.5. The lowest BCUT2D eigenvalue weighted by atomic mass is 9.79. The van der Waals surface area contributed by atoms with Gasteiger partial charge in [0.05, 0.1) is 23.0 Å². The number of nitrogens with one attached hydrogen (secondary N) is 1. The second-order valence-corrected chi connectivity index (χ2v) is 12.3. The molecule has 4 rings (SSSR count). The van der Waals surface area contributed by atoms with Crippen molar-refractivity contribution < 1.29 is 33.0 Å². The Balaban J connectivity index is 1.39.